The molecule has 0 aromatic carbocycles. The molecule has 5 nitrogen and oxygen atoms in total. The molecule has 0 saturated heterocycles. The average molecular weight is 248 g/mol. The minimum absolute atomic E-state index is 0.0124. The largest absolute Gasteiger partial charge is 0.322 e. The third-order valence-electron chi connectivity index (χ3n) is 2.85. The molecule has 1 heterocycles. The Bertz CT molecular complexity index is 468. The predicted molar refractivity (Wildman–Crippen MR) is 69.1 cm³/mol. The van der Waals surface area contributed by atoms with Crippen LogP contribution in [0.1, 0.15) is 49.8 Å². The van der Waals surface area contributed by atoms with Crippen molar-refractivity contribution in [2.24, 2.45) is 7.05 Å². The molecule has 0 bridgehead atoms. The number of hydrogen-bond acceptors (Lipinski definition) is 3. The quantitative estimate of drug-likeness (QED) is 0.765. The van der Waals surface area contributed by atoms with Crippen LogP contribution in [-0.4, -0.2) is 33.2 Å². The summed E-state index contributed by atoms with van der Waals surface area (Å²) in [5.41, 5.74) is 1.42. The number of amides is 1. The first-order valence-electron chi connectivity index (χ1n) is 6.10. The van der Waals surface area contributed by atoms with Gasteiger partial charge in [-0.2, -0.15) is 10.4 Å². The van der Waals surface area contributed by atoms with Crippen LogP contribution in [0.5, 0.6) is 0 Å². The third-order valence-corrected chi connectivity index (χ3v) is 2.85. The van der Waals surface area contributed by atoms with Gasteiger partial charge >= 0.3 is 0 Å². The highest BCUT2D eigenvalue weighted by molar-refractivity contribution is 5.92. The van der Waals surface area contributed by atoms with E-state index in [0.717, 1.165) is 5.69 Å². The van der Waals surface area contributed by atoms with Crippen LogP contribution in [-0.2, 0) is 7.05 Å². The maximum atomic E-state index is 12.3. The molecule has 18 heavy (non-hydrogen) atoms. The lowest BCUT2D eigenvalue weighted by molar-refractivity contribution is 0.0724. The van der Waals surface area contributed by atoms with E-state index in [2.05, 4.69) is 18.9 Å². The van der Waals surface area contributed by atoms with Crippen LogP contribution in [0, 0.1) is 11.3 Å². The Morgan fingerprint density at radius 3 is 2.50 bits per heavy atom. The zero-order valence-corrected chi connectivity index (χ0v) is 11.6. The van der Waals surface area contributed by atoms with Crippen molar-refractivity contribution < 1.29 is 4.79 Å². The Morgan fingerprint density at radius 1 is 1.50 bits per heavy atom. The van der Waals surface area contributed by atoms with E-state index in [4.69, 9.17) is 5.26 Å². The summed E-state index contributed by atoms with van der Waals surface area (Å²) in [5, 5.41) is 13.0. The number of aromatic nitrogens is 2. The maximum absolute atomic E-state index is 12.3. The number of nitrogens with zero attached hydrogens (tertiary/aromatic N) is 4. The van der Waals surface area contributed by atoms with E-state index in [0.29, 0.717) is 11.6 Å². The summed E-state index contributed by atoms with van der Waals surface area (Å²) in [4.78, 5) is 13.8. The van der Waals surface area contributed by atoms with Crippen molar-refractivity contribution in [3.63, 3.8) is 0 Å². The molecule has 0 saturated carbocycles. The maximum Gasteiger partial charge on any atom is 0.275 e. The Balaban J connectivity index is 3.03. The van der Waals surface area contributed by atoms with Gasteiger partial charge in [0.25, 0.3) is 5.91 Å². The van der Waals surface area contributed by atoms with Gasteiger partial charge in [0.15, 0.2) is 5.69 Å². The van der Waals surface area contributed by atoms with Crippen LogP contribution in [0.25, 0.3) is 0 Å². The van der Waals surface area contributed by atoms with E-state index >= 15 is 0 Å². The smallest absolute Gasteiger partial charge is 0.275 e. The lowest BCUT2D eigenvalue weighted by Crippen LogP contribution is -2.37. The molecule has 0 fully saturated rings. The highest BCUT2D eigenvalue weighted by Crippen LogP contribution is 2.16. The van der Waals surface area contributed by atoms with Crippen LogP contribution in [0.2, 0.25) is 0 Å². The van der Waals surface area contributed by atoms with E-state index in [1.165, 1.54) is 4.90 Å². The van der Waals surface area contributed by atoms with Crippen molar-refractivity contribution >= 4 is 5.91 Å². The highest BCUT2D eigenvalue weighted by atomic mass is 16.2. The molecule has 1 aromatic heterocycles. The Morgan fingerprint density at radius 2 is 2.11 bits per heavy atom. The molecule has 5 heteroatoms. The third kappa shape index (κ3) is 2.89. The van der Waals surface area contributed by atoms with Crippen molar-refractivity contribution in [1.29, 1.82) is 5.26 Å². The number of nitriles is 1. The zero-order valence-electron chi connectivity index (χ0n) is 11.6. The summed E-state index contributed by atoms with van der Waals surface area (Å²) in [7, 11) is 1.83. The standard InChI is InChI=1S/C13H20N4O/c1-9(2)12-8-11(15-16(12)5)13(18)17(7-6-14)10(3)4/h8-10H,7H2,1-5H3. The van der Waals surface area contributed by atoms with Gasteiger partial charge in [0, 0.05) is 18.8 Å². The average Bonchev–Trinajstić information content (AvgIpc) is 2.67. The SMILES string of the molecule is CC(C)c1cc(C(=O)N(CC#N)C(C)C)nn1C. The highest BCUT2D eigenvalue weighted by Gasteiger charge is 2.22. The van der Waals surface area contributed by atoms with Crippen molar-refractivity contribution in [1.82, 2.24) is 14.7 Å². The van der Waals surface area contributed by atoms with Gasteiger partial charge in [0.2, 0.25) is 0 Å². The number of rotatable bonds is 4. The molecule has 1 aromatic rings. The minimum Gasteiger partial charge on any atom is -0.322 e. The van der Waals surface area contributed by atoms with Gasteiger partial charge in [-0.25, -0.2) is 0 Å². The normalized spacial score (nSPS) is 10.8. The van der Waals surface area contributed by atoms with Gasteiger partial charge in [0.1, 0.15) is 6.54 Å². The molecule has 98 valence electrons. The minimum atomic E-state index is -0.186. The molecule has 0 aliphatic carbocycles. The Hall–Kier alpha value is -1.83. The van der Waals surface area contributed by atoms with Gasteiger partial charge in [0.05, 0.1) is 6.07 Å². The van der Waals surface area contributed by atoms with Gasteiger partial charge in [-0.3, -0.25) is 9.48 Å². The van der Waals surface area contributed by atoms with Gasteiger partial charge in [-0.1, -0.05) is 13.8 Å². The fraction of sp³-hybridized carbons (Fsp3) is 0.615. The number of carbonyl (C=O) groups is 1. The van der Waals surface area contributed by atoms with Gasteiger partial charge in [-0.05, 0) is 25.8 Å². The first-order chi connectivity index (χ1) is 8.38. The zero-order chi connectivity index (χ0) is 13.9. The van der Waals surface area contributed by atoms with E-state index < -0.39 is 0 Å². The first kappa shape index (κ1) is 14.2. The second-order valence-corrected chi connectivity index (χ2v) is 4.92. The fourth-order valence-corrected chi connectivity index (χ4v) is 1.84. The van der Waals surface area contributed by atoms with E-state index in [1.54, 1.807) is 10.7 Å². The first-order valence-corrected chi connectivity index (χ1v) is 6.10. The predicted octanol–water partition coefficient (Wildman–Crippen LogP) is 1.92. The second kappa shape index (κ2) is 5.67. The summed E-state index contributed by atoms with van der Waals surface area (Å²) < 4.78 is 1.72. The van der Waals surface area contributed by atoms with Crippen molar-refractivity contribution in [2.75, 3.05) is 6.54 Å². The van der Waals surface area contributed by atoms with Crippen LogP contribution in [0.3, 0.4) is 0 Å². The van der Waals surface area contributed by atoms with Crippen molar-refractivity contribution in [2.45, 2.75) is 39.7 Å². The summed E-state index contributed by atoms with van der Waals surface area (Å²) >= 11 is 0. The van der Waals surface area contributed by atoms with Crippen molar-refractivity contribution in [3.8, 4) is 6.07 Å². The Labute approximate surface area is 108 Å². The van der Waals surface area contributed by atoms with Crippen molar-refractivity contribution in [3.05, 3.63) is 17.5 Å². The summed E-state index contributed by atoms with van der Waals surface area (Å²) in [6.45, 7) is 7.98. The van der Waals surface area contributed by atoms with Crippen LogP contribution in [0.4, 0.5) is 0 Å². The molecule has 0 atom stereocenters. The molecule has 0 N–H and O–H groups in total. The monoisotopic (exact) mass is 248 g/mol. The molecular formula is C13H20N4O. The summed E-state index contributed by atoms with van der Waals surface area (Å²) in [6.07, 6.45) is 0. The fourth-order valence-electron chi connectivity index (χ4n) is 1.84. The molecule has 0 radical (unpaired) electrons. The lowest BCUT2D eigenvalue weighted by Gasteiger charge is -2.22. The number of carbonyl (C=O) groups excluding carboxylic acids is 1. The summed E-state index contributed by atoms with van der Waals surface area (Å²) in [6, 6.07) is 3.81. The van der Waals surface area contributed by atoms with Crippen LogP contribution < -0.4 is 0 Å². The molecule has 1 rings (SSSR count). The van der Waals surface area contributed by atoms with Crippen LogP contribution >= 0.6 is 0 Å². The van der Waals surface area contributed by atoms with Gasteiger partial charge < -0.3 is 4.90 Å². The molecular weight excluding hydrogens is 228 g/mol. The molecule has 1 amide bonds. The molecule has 0 aliphatic rings. The lowest BCUT2D eigenvalue weighted by atomic mass is 10.1. The molecule has 0 unspecified atom stereocenters. The topological polar surface area (TPSA) is 61.9 Å². The number of hydrogen-bond donors (Lipinski definition) is 0. The summed E-state index contributed by atoms with van der Waals surface area (Å²) in [5.74, 6) is 0.126. The van der Waals surface area contributed by atoms with E-state index in [-0.39, 0.29) is 18.5 Å². The second-order valence-electron chi connectivity index (χ2n) is 4.92. The molecule has 0 spiro atoms. The Kier molecular flexibility index (Phi) is 4.49. The molecule has 0 aliphatic heterocycles. The number of aryl methyl sites for hydroxylation is 1. The van der Waals surface area contributed by atoms with Crippen LogP contribution in [0.15, 0.2) is 6.07 Å². The van der Waals surface area contributed by atoms with Gasteiger partial charge in [-0.15, -0.1) is 0 Å². The van der Waals surface area contributed by atoms with E-state index in [1.807, 2.05) is 27.0 Å². The van der Waals surface area contributed by atoms with E-state index in [9.17, 15) is 4.79 Å².